The first-order valence-corrected chi connectivity index (χ1v) is 12.7. The van der Waals surface area contributed by atoms with Crippen LogP contribution in [-0.4, -0.2) is 21.7 Å². The minimum atomic E-state index is -1.30. The minimum Gasteiger partial charge on any atom is -0.369 e. The maximum Gasteiger partial charge on any atom is 0.178 e. The fourth-order valence-electron chi connectivity index (χ4n) is 5.17. The summed E-state index contributed by atoms with van der Waals surface area (Å²) in [7, 11) is 0. The fraction of sp³-hybridized carbons (Fsp3) is 0.125. The van der Waals surface area contributed by atoms with Gasteiger partial charge in [0.05, 0.1) is 11.5 Å². The third-order valence-corrected chi connectivity index (χ3v) is 7.43. The highest BCUT2D eigenvalue weighted by Gasteiger charge is 2.41. The molecular weight excluding hydrogens is 448 g/mol. The molecular formula is C32H22O2S. The Morgan fingerprint density at radius 1 is 0.486 bits per heavy atom. The standard InChI is InChI=1S/C32H22O2S/c33-31(27-15-5-1-11-23(27)24-12-2-6-16-28(24)31)19-9-21-35-22-10-20-32(34)29-17-7-3-13-25(29)26-14-4-8-18-30(26)32/h1-8,11-18,33-34H,21-22H2. The molecule has 0 aromatic heterocycles. The predicted octanol–water partition coefficient (Wildman–Crippen LogP) is 5.56. The van der Waals surface area contributed by atoms with E-state index in [-0.39, 0.29) is 0 Å². The maximum atomic E-state index is 11.5. The number of hydrogen-bond acceptors (Lipinski definition) is 3. The molecule has 0 bridgehead atoms. The molecule has 6 rings (SSSR count). The van der Waals surface area contributed by atoms with Crippen LogP contribution >= 0.6 is 11.8 Å². The molecule has 0 aliphatic heterocycles. The van der Waals surface area contributed by atoms with E-state index in [1.807, 2.05) is 97.1 Å². The summed E-state index contributed by atoms with van der Waals surface area (Å²) in [5.41, 5.74) is 4.86. The van der Waals surface area contributed by atoms with Crippen LogP contribution in [0.5, 0.6) is 0 Å². The van der Waals surface area contributed by atoms with Crippen LogP contribution in [0.25, 0.3) is 22.3 Å². The van der Waals surface area contributed by atoms with Crippen molar-refractivity contribution in [2.75, 3.05) is 11.5 Å². The molecule has 0 heterocycles. The lowest BCUT2D eigenvalue weighted by molar-refractivity contribution is 0.150. The molecule has 2 nitrogen and oxygen atoms in total. The molecule has 3 heteroatoms. The van der Waals surface area contributed by atoms with E-state index in [4.69, 9.17) is 0 Å². The van der Waals surface area contributed by atoms with Crippen molar-refractivity contribution < 1.29 is 10.2 Å². The highest BCUT2D eigenvalue weighted by molar-refractivity contribution is 7.99. The van der Waals surface area contributed by atoms with Crippen LogP contribution in [0.3, 0.4) is 0 Å². The lowest BCUT2D eigenvalue weighted by atomic mass is 9.92. The Morgan fingerprint density at radius 2 is 0.771 bits per heavy atom. The molecule has 4 aromatic rings. The topological polar surface area (TPSA) is 40.5 Å². The van der Waals surface area contributed by atoms with Gasteiger partial charge in [-0.25, -0.2) is 0 Å². The van der Waals surface area contributed by atoms with Gasteiger partial charge in [0.15, 0.2) is 11.2 Å². The van der Waals surface area contributed by atoms with Crippen molar-refractivity contribution in [3.8, 4) is 45.9 Å². The van der Waals surface area contributed by atoms with E-state index in [1.54, 1.807) is 11.8 Å². The van der Waals surface area contributed by atoms with Crippen LogP contribution in [0.2, 0.25) is 0 Å². The smallest absolute Gasteiger partial charge is 0.178 e. The minimum absolute atomic E-state index is 0.535. The van der Waals surface area contributed by atoms with Gasteiger partial charge in [0.2, 0.25) is 0 Å². The van der Waals surface area contributed by atoms with Gasteiger partial charge >= 0.3 is 0 Å². The Labute approximate surface area is 209 Å². The van der Waals surface area contributed by atoms with E-state index < -0.39 is 11.2 Å². The third kappa shape index (κ3) is 3.41. The van der Waals surface area contributed by atoms with Crippen LogP contribution < -0.4 is 0 Å². The quantitative estimate of drug-likeness (QED) is 0.298. The fourth-order valence-corrected chi connectivity index (χ4v) is 5.63. The predicted molar refractivity (Wildman–Crippen MR) is 143 cm³/mol. The first-order chi connectivity index (χ1) is 17.1. The van der Waals surface area contributed by atoms with E-state index in [1.165, 1.54) is 0 Å². The largest absolute Gasteiger partial charge is 0.369 e. The Balaban J connectivity index is 1.19. The van der Waals surface area contributed by atoms with Gasteiger partial charge in [-0.3, -0.25) is 0 Å². The summed E-state index contributed by atoms with van der Waals surface area (Å²) in [5, 5.41) is 23.0. The van der Waals surface area contributed by atoms with Crippen molar-refractivity contribution in [3.63, 3.8) is 0 Å². The molecule has 2 N–H and O–H groups in total. The van der Waals surface area contributed by atoms with Crippen molar-refractivity contribution in [2.45, 2.75) is 11.2 Å². The van der Waals surface area contributed by atoms with E-state index in [0.29, 0.717) is 11.5 Å². The average Bonchev–Trinajstić information content (AvgIpc) is 3.31. The van der Waals surface area contributed by atoms with Crippen LogP contribution in [0.4, 0.5) is 0 Å². The lowest BCUT2D eigenvalue weighted by Crippen LogP contribution is -2.22. The molecule has 0 saturated carbocycles. The van der Waals surface area contributed by atoms with Gasteiger partial charge in [0.25, 0.3) is 0 Å². The van der Waals surface area contributed by atoms with Gasteiger partial charge in [0, 0.05) is 22.3 Å². The van der Waals surface area contributed by atoms with Gasteiger partial charge in [-0.2, -0.15) is 0 Å². The van der Waals surface area contributed by atoms with E-state index in [9.17, 15) is 10.2 Å². The maximum absolute atomic E-state index is 11.5. The van der Waals surface area contributed by atoms with E-state index >= 15 is 0 Å². The molecule has 2 aliphatic rings. The zero-order chi connectivity index (χ0) is 23.9. The number of rotatable bonds is 2. The summed E-state index contributed by atoms with van der Waals surface area (Å²) in [6, 6.07) is 31.6. The zero-order valence-corrected chi connectivity index (χ0v) is 19.8. The Morgan fingerprint density at radius 3 is 1.09 bits per heavy atom. The Hall–Kier alpha value is -3.73. The summed E-state index contributed by atoms with van der Waals surface area (Å²) >= 11 is 1.57. The van der Waals surface area contributed by atoms with Gasteiger partial charge in [-0.1, -0.05) is 121 Å². The summed E-state index contributed by atoms with van der Waals surface area (Å²) in [6.07, 6.45) is 0. The number of aliphatic hydroxyl groups is 2. The van der Waals surface area contributed by atoms with Gasteiger partial charge < -0.3 is 10.2 Å². The second-order valence-corrected chi connectivity index (χ2v) is 9.69. The number of hydrogen-bond donors (Lipinski definition) is 2. The first kappa shape index (κ1) is 21.8. The number of fused-ring (bicyclic) bond motifs is 6. The molecule has 2 aliphatic carbocycles. The summed E-state index contributed by atoms with van der Waals surface area (Å²) in [5.74, 6) is 13.6. The monoisotopic (exact) mass is 470 g/mol. The van der Waals surface area contributed by atoms with Crippen molar-refractivity contribution in [2.24, 2.45) is 0 Å². The SMILES string of the molecule is OC1(C#CCSCC#CC2(O)c3ccccc3-c3ccccc32)c2ccccc2-c2ccccc21. The average molecular weight is 471 g/mol. The van der Waals surface area contributed by atoms with Crippen molar-refractivity contribution >= 4 is 11.8 Å². The Kier molecular flexibility index (Phi) is 5.28. The molecule has 168 valence electrons. The molecule has 0 atom stereocenters. The number of benzene rings is 4. The van der Waals surface area contributed by atoms with Crippen molar-refractivity contribution in [3.05, 3.63) is 119 Å². The van der Waals surface area contributed by atoms with Gasteiger partial charge in [0.1, 0.15) is 0 Å². The molecule has 35 heavy (non-hydrogen) atoms. The van der Waals surface area contributed by atoms with Crippen LogP contribution in [0.1, 0.15) is 22.3 Å². The molecule has 0 saturated heterocycles. The number of thioether (sulfide) groups is 1. The molecule has 0 spiro atoms. The summed E-state index contributed by atoms with van der Waals surface area (Å²) in [4.78, 5) is 0. The lowest BCUT2D eigenvalue weighted by Gasteiger charge is -2.19. The molecule has 0 amide bonds. The molecule has 0 unspecified atom stereocenters. The second-order valence-electron chi connectivity index (χ2n) is 8.70. The zero-order valence-electron chi connectivity index (χ0n) is 19.0. The van der Waals surface area contributed by atoms with Gasteiger partial charge in [-0.15, -0.1) is 11.8 Å². The van der Waals surface area contributed by atoms with E-state index in [2.05, 4.69) is 23.7 Å². The normalized spacial score (nSPS) is 14.9. The van der Waals surface area contributed by atoms with Gasteiger partial charge in [-0.05, 0) is 22.3 Å². The van der Waals surface area contributed by atoms with E-state index in [0.717, 1.165) is 44.5 Å². The molecule has 4 aromatic carbocycles. The first-order valence-electron chi connectivity index (χ1n) is 11.5. The molecule has 0 fully saturated rings. The summed E-state index contributed by atoms with van der Waals surface area (Å²) in [6.45, 7) is 0. The highest BCUT2D eigenvalue weighted by atomic mass is 32.2. The third-order valence-electron chi connectivity index (χ3n) is 6.73. The highest BCUT2D eigenvalue weighted by Crippen LogP contribution is 2.48. The van der Waals surface area contributed by atoms with Crippen LogP contribution in [-0.2, 0) is 11.2 Å². The second kappa shape index (κ2) is 8.49. The van der Waals surface area contributed by atoms with Crippen molar-refractivity contribution in [1.82, 2.24) is 0 Å². The van der Waals surface area contributed by atoms with Crippen LogP contribution in [0.15, 0.2) is 97.1 Å². The Bertz CT molecular complexity index is 1370. The van der Waals surface area contributed by atoms with Crippen LogP contribution in [0, 0.1) is 23.7 Å². The van der Waals surface area contributed by atoms with Crippen molar-refractivity contribution in [1.29, 1.82) is 0 Å². The summed E-state index contributed by atoms with van der Waals surface area (Å²) < 4.78 is 0. The molecule has 0 radical (unpaired) electrons.